The van der Waals surface area contributed by atoms with E-state index in [1.807, 2.05) is 50.8 Å². The van der Waals surface area contributed by atoms with Crippen LogP contribution in [0.3, 0.4) is 0 Å². The van der Waals surface area contributed by atoms with E-state index in [2.05, 4.69) is 9.97 Å². The van der Waals surface area contributed by atoms with Crippen LogP contribution in [0.25, 0.3) is 11.0 Å². The molecule has 1 amide bonds. The normalized spacial score (nSPS) is 11.4. The number of carbonyl (C=O) groups excluding carboxylic acids is 1. The Kier molecular flexibility index (Phi) is 3.36. The second-order valence-electron chi connectivity index (χ2n) is 5.00. The Morgan fingerprint density at radius 3 is 2.50 bits per heavy atom. The average Bonchev–Trinajstić information content (AvgIpc) is 2.75. The van der Waals surface area contributed by atoms with Crippen LogP contribution in [0.4, 0.5) is 0 Å². The van der Waals surface area contributed by atoms with Gasteiger partial charge >= 0.3 is 0 Å². The largest absolute Gasteiger partial charge is 0.345 e. The Morgan fingerprint density at radius 2 is 1.89 bits per heavy atom. The molecule has 1 heterocycles. The molecule has 1 aromatic heterocycles. The highest BCUT2D eigenvalue weighted by Crippen LogP contribution is 2.19. The van der Waals surface area contributed by atoms with Gasteiger partial charge in [0.2, 0.25) is 0 Å². The molecule has 0 radical (unpaired) electrons. The van der Waals surface area contributed by atoms with Crippen molar-refractivity contribution in [2.75, 3.05) is 0 Å². The van der Waals surface area contributed by atoms with Gasteiger partial charge in [-0.1, -0.05) is 6.07 Å². The number of hydrogen-bond donors (Lipinski definition) is 1. The van der Waals surface area contributed by atoms with Crippen molar-refractivity contribution in [1.29, 1.82) is 0 Å². The highest BCUT2D eigenvalue weighted by molar-refractivity contribution is 6.04. The summed E-state index contributed by atoms with van der Waals surface area (Å²) in [5, 5.41) is 0. The number of nitrogens with zero attached hydrogens (tertiary/aromatic N) is 2. The number of para-hydroxylation sites is 1. The third-order valence-electron chi connectivity index (χ3n) is 3.03. The van der Waals surface area contributed by atoms with Crippen molar-refractivity contribution in [3.63, 3.8) is 0 Å². The molecule has 18 heavy (non-hydrogen) atoms. The molecule has 1 N–H and O–H groups in total. The molecule has 0 atom stereocenters. The first-order valence-electron chi connectivity index (χ1n) is 6.27. The van der Waals surface area contributed by atoms with Gasteiger partial charge in [0.05, 0.1) is 17.4 Å². The van der Waals surface area contributed by atoms with E-state index in [9.17, 15) is 4.79 Å². The quantitative estimate of drug-likeness (QED) is 0.904. The van der Waals surface area contributed by atoms with Crippen molar-refractivity contribution in [2.45, 2.75) is 39.8 Å². The Balaban J connectivity index is 2.47. The van der Waals surface area contributed by atoms with Crippen molar-refractivity contribution in [3.05, 3.63) is 30.1 Å². The summed E-state index contributed by atoms with van der Waals surface area (Å²) < 4.78 is 0. The zero-order valence-electron chi connectivity index (χ0n) is 11.3. The standard InChI is InChI=1S/C14H19N3O/c1-9(2)17(10(3)4)14(18)11-6-5-7-12-13(11)16-8-15-12/h5-10H,1-4H3,(H,15,16). The van der Waals surface area contributed by atoms with E-state index in [-0.39, 0.29) is 18.0 Å². The van der Waals surface area contributed by atoms with Gasteiger partial charge in [-0.05, 0) is 39.8 Å². The molecule has 0 aliphatic rings. The van der Waals surface area contributed by atoms with Gasteiger partial charge in [0.25, 0.3) is 5.91 Å². The Morgan fingerprint density at radius 1 is 1.22 bits per heavy atom. The first kappa shape index (κ1) is 12.6. The monoisotopic (exact) mass is 245 g/mol. The molecule has 0 unspecified atom stereocenters. The van der Waals surface area contributed by atoms with Crippen LogP contribution < -0.4 is 0 Å². The van der Waals surface area contributed by atoms with Crippen LogP contribution in [-0.4, -0.2) is 32.9 Å². The molecule has 0 saturated heterocycles. The van der Waals surface area contributed by atoms with E-state index in [1.54, 1.807) is 6.33 Å². The summed E-state index contributed by atoms with van der Waals surface area (Å²) in [5.41, 5.74) is 2.30. The van der Waals surface area contributed by atoms with Crippen LogP contribution in [0.1, 0.15) is 38.1 Å². The zero-order valence-corrected chi connectivity index (χ0v) is 11.3. The van der Waals surface area contributed by atoms with Crippen molar-refractivity contribution in [2.24, 2.45) is 0 Å². The number of hydrogen-bond acceptors (Lipinski definition) is 2. The lowest BCUT2D eigenvalue weighted by atomic mass is 10.1. The summed E-state index contributed by atoms with van der Waals surface area (Å²) >= 11 is 0. The highest BCUT2D eigenvalue weighted by Gasteiger charge is 2.23. The molecule has 2 rings (SSSR count). The summed E-state index contributed by atoms with van der Waals surface area (Å²) in [7, 11) is 0. The van der Waals surface area contributed by atoms with E-state index in [1.165, 1.54) is 0 Å². The van der Waals surface area contributed by atoms with Crippen LogP contribution in [0.15, 0.2) is 24.5 Å². The maximum absolute atomic E-state index is 12.6. The third kappa shape index (κ3) is 2.10. The Labute approximate surface area is 107 Å². The second-order valence-corrected chi connectivity index (χ2v) is 5.00. The van der Waals surface area contributed by atoms with E-state index in [0.717, 1.165) is 11.0 Å². The van der Waals surface area contributed by atoms with Crippen LogP contribution >= 0.6 is 0 Å². The van der Waals surface area contributed by atoms with E-state index >= 15 is 0 Å². The molecule has 1 aromatic carbocycles. The number of aromatic nitrogens is 2. The lowest BCUT2D eigenvalue weighted by Gasteiger charge is -2.30. The number of amides is 1. The van der Waals surface area contributed by atoms with Gasteiger partial charge in [-0.3, -0.25) is 4.79 Å². The first-order valence-corrected chi connectivity index (χ1v) is 6.27. The molecular weight excluding hydrogens is 226 g/mol. The molecule has 4 nitrogen and oxygen atoms in total. The smallest absolute Gasteiger partial charge is 0.256 e. The lowest BCUT2D eigenvalue weighted by Crippen LogP contribution is -2.42. The number of imidazole rings is 1. The predicted molar refractivity (Wildman–Crippen MR) is 72.5 cm³/mol. The minimum absolute atomic E-state index is 0.0395. The summed E-state index contributed by atoms with van der Waals surface area (Å²) in [5.74, 6) is 0.0395. The molecule has 0 bridgehead atoms. The van der Waals surface area contributed by atoms with E-state index < -0.39 is 0 Å². The molecule has 0 aliphatic carbocycles. The van der Waals surface area contributed by atoms with Gasteiger partial charge in [0.1, 0.15) is 5.52 Å². The Bertz CT molecular complexity index is 549. The van der Waals surface area contributed by atoms with Gasteiger partial charge in [-0.2, -0.15) is 0 Å². The fourth-order valence-corrected chi connectivity index (χ4v) is 2.34. The molecular formula is C14H19N3O. The van der Waals surface area contributed by atoms with Crippen LogP contribution in [0.2, 0.25) is 0 Å². The molecule has 0 spiro atoms. The number of carbonyl (C=O) groups is 1. The maximum atomic E-state index is 12.6. The lowest BCUT2D eigenvalue weighted by molar-refractivity contribution is 0.0645. The summed E-state index contributed by atoms with van der Waals surface area (Å²) in [6, 6.07) is 5.99. The minimum atomic E-state index is 0.0395. The van der Waals surface area contributed by atoms with Crippen molar-refractivity contribution >= 4 is 16.9 Å². The number of nitrogens with one attached hydrogen (secondary N) is 1. The number of rotatable bonds is 3. The first-order chi connectivity index (χ1) is 8.52. The zero-order chi connectivity index (χ0) is 13.3. The van der Waals surface area contributed by atoms with Gasteiger partial charge in [-0.25, -0.2) is 4.98 Å². The molecule has 2 aromatic rings. The van der Waals surface area contributed by atoms with Crippen molar-refractivity contribution in [1.82, 2.24) is 14.9 Å². The molecule has 0 fully saturated rings. The topological polar surface area (TPSA) is 49.0 Å². The van der Waals surface area contributed by atoms with Gasteiger partial charge in [-0.15, -0.1) is 0 Å². The van der Waals surface area contributed by atoms with Crippen LogP contribution in [0, 0.1) is 0 Å². The second kappa shape index (κ2) is 4.80. The van der Waals surface area contributed by atoms with Gasteiger partial charge in [0, 0.05) is 12.1 Å². The Hall–Kier alpha value is -1.84. The summed E-state index contributed by atoms with van der Waals surface area (Å²) in [6.07, 6.45) is 1.62. The van der Waals surface area contributed by atoms with Gasteiger partial charge in [0.15, 0.2) is 0 Å². The molecule has 4 heteroatoms. The maximum Gasteiger partial charge on any atom is 0.256 e. The number of fused-ring (bicyclic) bond motifs is 1. The third-order valence-corrected chi connectivity index (χ3v) is 3.03. The van der Waals surface area contributed by atoms with E-state index in [4.69, 9.17) is 0 Å². The highest BCUT2D eigenvalue weighted by atomic mass is 16.2. The van der Waals surface area contributed by atoms with Gasteiger partial charge < -0.3 is 9.88 Å². The summed E-state index contributed by atoms with van der Waals surface area (Å²) in [6.45, 7) is 8.12. The SMILES string of the molecule is CC(C)N(C(=O)c1cccc2[nH]cnc12)C(C)C. The number of benzene rings is 1. The van der Waals surface area contributed by atoms with Crippen molar-refractivity contribution < 1.29 is 4.79 Å². The number of aromatic amines is 1. The number of H-pyrrole nitrogens is 1. The summed E-state index contributed by atoms with van der Waals surface area (Å²) in [4.78, 5) is 21.8. The van der Waals surface area contributed by atoms with Crippen LogP contribution in [0.5, 0.6) is 0 Å². The fraction of sp³-hybridized carbons (Fsp3) is 0.429. The van der Waals surface area contributed by atoms with Crippen molar-refractivity contribution in [3.8, 4) is 0 Å². The molecule has 0 saturated carbocycles. The fourth-order valence-electron chi connectivity index (χ4n) is 2.34. The van der Waals surface area contributed by atoms with E-state index in [0.29, 0.717) is 5.56 Å². The molecule has 96 valence electrons. The van der Waals surface area contributed by atoms with Crippen LogP contribution in [-0.2, 0) is 0 Å². The minimum Gasteiger partial charge on any atom is -0.345 e. The molecule has 0 aliphatic heterocycles. The predicted octanol–water partition coefficient (Wildman–Crippen LogP) is 2.82. The average molecular weight is 245 g/mol.